The molecular formula is C19H13Cl2N3O5. The molecule has 0 bridgehead atoms. The molecule has 10 heteroatoms. The van der Waals surface area contributed by atoms with Gasteiger partial charge >= 0.3 is 11.2 Å². The standard InChI is InChI=1S/C19H13Cl2N3O5/c20-13-5-4-12(15(21)9-13)10-29-14-6-1-11(2-7-14)3-8-16-22-18(25)17(24(27)28)19(26)23-16/h1-9H,10H2,(H2,22,23,25,26)/b8-3-. The maximum absolute atomic E-state index is 11.6. The molecule has 3 aromatic rings. The van der Waals surface area contributed by atoms with E-state index >= 15 is 0 Å². The van der Waals surface area contributed by atoms with Crippen LogP contribution in [-0.2, 0) is 6.61 Å². The largest absolute Gasteiger partial charge is 0.489 e. The molecule has 3 rings (SSSR count). The summed E-state index contributed by atoms with van der Waals surface area (Å²) in [7, 11) is 0. The second-order valence-electron chi connectivity index (χ2n) is 5.81. The molecule has 0 atom stereocenters. The number of nitrogens with zero attached hydrogens (tertiary/aromatic N) is 2. The lowest BCUT2D eigenvalue weighted by atomic mass is 10.2. The van der Waals surface area contributed by atoms with E-state index in [1.54, 1.807) is 48.5 Å². The number of H-pyrrole nitrogens is 1. The molecule has 2 N–H and O–H groups in total. The topological polar surface area (TPSA) is 118 Å². The first-order valence-electron chi connectivity index (χ1n) is 8.16. The minimum absolute atomic E-state index is 0.0178. The van der Waals surface area contributed by atoms with Crippen LogP contribution in [0.15, 0.2) is 47.3 Å². The lowest BCUT2D eigenvalue weighted by Gasteiger charge is -2.08. The van der Waals surface area contributed by atoms with Gasteiger partial charge in [-0.05, 0) is 35.9 Å². The van der Waals surface area contributed by atoms with Gasteiger partial charge in [-0.2, -0.15) is 4.98 Å². The predicted molar refractivity (Wildman–Crippen MR) is 109 cm³/mol. The maximum atomic E-state index is 11.6. The Balaban J connectivity index is 1.67. The molecule has 0 fully saturated rings. The van der Waals surface area contributed by atoms with Crippen LogP contribution in [0.25, 0.3) is 12.2 Å². The van der Waals surface area contributed by atoms with E-state index in [1.807, 2.05) is 0 Å². The number of rotatable bonds is 6. The molecule has 0 saturated heterocycles. The van der Waals surface area contributed by atoms with E-state index in [2.05, 4.69) is 9.97 Å². The third-order valence-corrected chi connectivity index (χ3v) is 4.39. The van der Waals surface area contributed by atoms with Gasteiger partial charge in [0.1, 0.15) is 18.2 Å². The van der Waals surface area contributed by atoms with Crippen LogP contribution < -0.4 is 10.3 Å². The van der Waals surface area contributed by atoms with E-state index in [-0.39, 0.29) is 12.4 Å². The Kier molecular flexibility index (Phi) is 6.16. The molecule has 1 heterocycles. The van der Waals surface area contributed by atoms with Gasteiger partial charge in [-0.3, -0.25) is 14.9 Å². The summed E-state index contributed by atoms with van der Waals surface area (Å²) in [6.45, 7) is 0.276. The zero-order valence-electron chi connectivity index (χ0n) is 14.6. The fraction of sp³-hybridized carbons (Fsp3) is 0.0526. The van der Waals surface area contributed by atoms with Crippen LogP contribution >= 0.6 is 23.2 Å². The average Bonchev–Trinajstić information content (AvgIpc) is 2.66. The molecule has 1 aromatic heterocycles. The highest BCUT2D eigenvalue weighted by Gasteiger charge is 2.21. The first-order chi connectivity index (χ1) is 13.8. The van der Waals surface area contributed by atoms with Crippen LogP contribution in [0.2, 0.25) is 10.0 Å². The first kappa shape index (κ1) is 20.4. The minimum Gasteiger partial charge on any atom is -0.489 e. The maximum Gasteiger partial charge on any atom is 0.395 e. The number of aromatic hydroxyl groups is 1. The van der Waals surface area contributed by atoms with E-state index in [1.165, 1.54) is 6.08 Å². The highest BCUT2D eigenvalue weighted by molar-refractivity contribution is 6.35. The molecular weight excluding hydrogens is 421 g/mol. The number of ether oxygens (including phenoxy) is 1. The van der Waals surface area contributed by atoms with Crippen molar-refractivity contribution in [1.82, 2.24) is 9.97 Å². The number of nitrogens with one attached hydrogen (secondary N) is 1. The number of benzene rings is 2. The highest BCUT2D eigenvalue weighted by atomic mass is 35.5. The molecule has 0 spiro atoms. The van der Waals surface area contributed by atoms with Crippen molar-refractivity contribution in [2.75, 3.05) is 0 Å². The van der Waals surface area contributed by atoms with E-state index in [0.717, 1.165) is 11.1 Å². The number of aromatic amines is 1. The zero-order chi connectivity index (χ0) is 21.0. The van der Waals surface area contributed by atoms with Crippen LogP contribution in [-0.4, -0.2) is 20.0 Å². The van der Waals surface area contributed by atoms with Gasteiger partial charge in [0.05, 0.1) is 4.92 Å². The lowest BCUT2D eigenvalue weighted by molar-refractivity contribution is -0.387. The molecule has 29 heavy (non-hydrogen) atoms. The zero-order valence-corrected chi connectivity index (χ0v) is 16.1. The van der Waals surface area contributed by atoms with Crippen LogP contribution in [0, 0.1) is 10.1 Å². The van der Waals surface area contributed by atoms with Crippen molar-refractivity contribution in [1.29, 1.82) is 0 Å². The minimum atomic E-state index is -1.04. The smallest absolute Gasteiger partial charge is 0.395 e. The summed E-state index contributed by atoms with van der Waals surface area (Å²) >= 11 is 12.0. The van der Waals surface area contributed by atoms with Crippen LogP contribution in [0.4, 0.5) is 5.69 Å². The number of nitro groups is 1. The van der Waals surface area contributed by atoms with Crippen LogP contribution in [0.3, 0.4) is 0 Å². The van der Waals surface area contributed by atoms with Crippen LogP contribution in [0.1, 0.15) is 17.0 Å². The molecule has 0 aliphatic heterocycles. The van der Waals surface area contributed by atoms with Gasteiger partial charge in [0.15, 0.2) is 0 Å². The van der Waals surface area contributed by atoms with Gasteiger partial charge in [-0.1, -0.05) is 47.5 Å². The van der Waals surface area contributed by atoms with Crippen molar-refractivity contribution >= 4 is 41.0 Å². The van der Waals surface area contributed by atoms with Crippen LogP contribution in [0.5, 0.6) is 11.6 Å². The molecule has 2 aromatic carbocycles. The van der Waals surface area contributed by atoms with Crippen molar-refractivity contribution in [2.45, 2.75) is 6.61 Å². The summed E-state index contributed by atoms with van der Waals surface area (Å²) < 4.78 is 5.69. The summed E-state index contributed by atoms with van der Waals surface area (Å²) in [6, 6.07) is 12.2. The summed E-state index contributed by atoms with van der Waals surface area (Å²) in [6.07, 6.45) is 3.03. The summed E-state index contributed by atoms with van der Waals surface area (Å²) in [4.78, 5) is 27.1. The fourth-order valence-electron chi connectivity index (χ4n) is 2.37. The Hall–Kier alpha value is -3.36. The Morgan fingerprint density at radius 1 is 1.17 bits per heavy atom. The molecule has 0 aliphatic carbocycles. The van der Waals surface area contributed by atoms with Crippen molar-refractivity contribution in [3.63, 3.8) is 0 Å². The Morgan fingerprint density at radius 2 is 1.90 bits per heavy atom. The third-order valence-electron chi connectivity index (χ3n) is 3.80. The summed E-state index contributed by atoms with van der Waals surface area (Å²) in [5, 5.41) is 21.3. The second-order valence-corrected chi connectivity index (χ2v) is 6.65. The van der Waals surface area contributed by atoms with Gasteiger partial charge < -0.3 is 14.8 Å². The number of hydrogen-bond acceptors (Lipinski definition) is 6. The van der Waals surface area contributed by atoms with E-state index in [4.69, 9.17) is 27.9 Å². The Labute approximate surface area is 174 Å². The monoisotopic (exact) mass is 433 g/mol. The second kappa shape index (κ2) is 8.76. The third kappa shape index (κ3) is 5.13. The first-order valence-corrected chi connectivity index (χ1v) is 8.91. The number of hydrogen-bond donors (Lipinski definition) is 2. The van der Waals surface area contributed by atoms with Crippen molar-refractivity contribution < 1.29 is 14.8 Å². The quantitative estimate of drug-likeness (QED) is 0.438. The van der Waals surface area contributed by atoms with Crippen molar-refractivity contribution in [2.24, 2.45) is 0 Å². The summed E-state index contributed by atoms with van der Waals surface area (Å²) in [5.41, 5.74) is -0.480. The average molecular weight is 434 g/mol. The van der Waals surface area contributed by atoms with Gasteiger partial charge in [0.25, 0.3) is 5.88 Å². The molecule has 0 amide bonds. The predicted octanol–water partition coefficient (Wildman–Crippen LogP) is 4.44. The van der Waals surface area contributed by atoms with E-state index in [9.17, 15) is 20.0 Å². The van der Waals surface area contributed by atoms with Gasteiger partial charge in [0, 0.05) is 15.6 Å². The van der Waals surface area contributed by atoms with Gasteiger partial charge in [-0.15, -0.1) is 0 Å². The number of aromatic nitrogens is 2. The van der Waals surface area contributed by atoms with Crippen molar-refractivity contribution in [3.05, 3.63) is 89.9 Å². The van der Waals surface area contributed by atoms with Gasteiger partial charge in [-0.25, -0.2) is 0 Å². The van der Waals surface area contributed by atoms with Gasteiger partial charge in [0.2, 0.25) is 0 Å². The molecule has 0 unspecified atom stereocenters. The molecule has 0 radical (unpaired) electrons. The summed E-state index contributed by atoms with van der Waals surface area (Å²) in [5.74, 6) is -0.341. The Morgan fingerprint density at radius 3 is 2.52 bits per heavy atom. The van der Waals surface area contributed by atoms with E-state index in [0.29, 0.717) is 15.8 Å². The highest BCUT2D eigenvalue weighted by Crippen LogP contribution is 2.23. The lowest BCUT2D eigenvalue weighted by Crippen LogP contribution is -2.14. The number of halogens is 2. The van der Waals surface area contributed by atoms with E-state index < -0.39 is 22.0 Å². The van der Waals surface area contributed by atoms with Crippen molar-refractivity contribution in [3.8, 4) is 11.6 Å². The SMILES string of the molecule is O=c1[nH]c(/C=C\c2ccc(OCc3ccc(Cl)cc3Cl)cc2)nc(O)c1[N+](=O)[O-]. The molecule has 148 valence electrons. The normalized spacial score (nSPS) is 11.0. The Bertz CT molecular complexity index is 1140. The molecule has 0 aliphatic rings. The molecule has 0 saturated carbocycles. The fourth-order valence-corrected chi connectivity index (χ4v) is 2.83. The molecule has 8 nitrogen and oxygen atoms in total.